The number of halogens is 8. The van der Waals surface area contributed by atoms with Gasteiger partial charge in [0.05, 0.1) is 29.2 Å². The molecule has 14 heteroatoms. The minimum atomic E-state index is -1.38. The normalized spacial score (nSPS) is 11.2. The van der Waals surface area contributed by atoms with Gasteiger partial charge in [-0.15, -0.1) is 0 Å². The molecule has 1 aliphatic carbocycles. The van der Waals surface area contributed by atoms with Crippen LogP contribution in [0.15, 0.2) is 21.3 Å². The number of hydrogen-bond donors (Lipinski definition) is 1. The summed E-state index contributed by atoms with van der Waals surface area (Å²) in [6.07, 6.45) is 0. The third-order valence-corrected chi connectivity index (χ3v) is 10.1. The molecule has 0 radical (unpaired) electrons. The van der Waals surface area contributed by atoms with Crippen LogP contribution in [0.5, 0.6) is 5.75 Å². The number of carboxylic acid groups (broad SMARTS) is 1. The van der Waals surface area contributed by atoms with Crippen LogP contribution in [0, 0.1) is 14.3 Å². The summed E-state index contributed by atoms with van der Waals surface area (Å²) in [4.78, 5) is 25.0. The first-order chi connectivity index (χ1) is 15.4. The zero-order valence-electron chi connectivity index (χ0n) is 16.3. The first-order valence-electron chi connectivity index (χ1n) is 8.41. The molecule has 0 bridgehead atoms. The molecule has 1 N–H and O–H groups in total. The van der Waals surface area contributed by atoms with Crippen molar-refractivity contribution >= 4 is 154 Å². The molecule has 0 spiro atoms. The van der Waals surface area contributed by atoms with E-state index in [1.165, 1.54) is 0 Å². The van der Waals surface area contributed by atoms with Gasteiger partial charge in [0.2, 0.25) is 5.43 Å². The Labute approximate surface area is 288 Å². The van der Waals surface area contributed by atoms with E-state index in [1.807, 2.05) is 90.4 Å². The van der Waals surface area contributed by atoms with E-state index >= 15 is 0 Å². The average Bonchev–Trinajstić information content (AvgIpc) is 2.76. The largest absolute Gasteiger partial charge is 1.00 e. The molecule has 0 fully saturated rings. The Bertz CT molecular complexity index is 1570. The SMILES string of the molecule is O=C(O)c1c(Cl)c(Cl)c(Cl)c(Cl)c1-c1c2cc(I)c(=O)c(I)c-2oc2c(I)c([O-])c(I)cc12.[Na+]. The van der Waals surface area contributed by atoms with Gasteiger partial charge in [-0.05, 0) is 102 Å². The Morgan fingerprint density at radius 2 is 1.47 bits per heavy atom. The van der Waals surface area contributed by atoms with Crippen LogP contribution in [-0.4, -0.2) is 11.1 Å². The van der Waals surface area contributed by atoms with Gasteiger partial charge in [0.15, 0.2) is 5.76 Å². The van der Waals surface area contributed by atoms with Crippen molar-refractivity contribution in [1.82, 2.24) is 0 Å². The third kappa shape index (κ3) is 4.83. The molecule has 0 atom stereocenters. The van der Waals surface area contributed by atoms with E-state index in [9.17, 15) is 19.8 Å². The smallest absolute Gasteiger partial charge is 0.871 e. The minimum absolute atomic E-state index is 0. The van der Waals surface area contributed by atoms with Crippen LogP contribution in [0.2, 0.25) is 20.1 Å². The monoisotopic (exact) mass is 993 g/mol. The van der Waals surface area contributed by atoms with Gasteiger partial charge in [0, 0.05) is 29.2 Å². The van der Waals surface area contributed by atoms with Gasteiger partial charge in [-0.2, -0.15) is 0 Å². The Hall–Kier alpha value is 1.48. The fourth-order valence-corrected chi connectivity index (χ4v) is 7.93. The summed E-state index contributed by atoms with van der Waals surface area (Å²) in [6.45, 7) is 0. The summed E-state index contributed by atoms with van der Waals surface area (Å²) >= 11 is 32.9. The summed E-state index contributed by atoms with van der Waals surface area (Å²) in [7, 11) is 0. The van der Waals surface area contributed by atoms with Crippen LogP contribution >= 0.6 is 137 Å². The Kier molecular flexibility index (Phi) is 9.98. The van der Waals surface area contributed by atoms with Gasteiger partial charge >= 0.3 is 35.5 Å². The number of aromatic carboxylic acids is 1. The molecule has 4 rings (SSSR count). The van der Waals surface area contributed by atoms with E-state index in [-0.39, 0.29) is 90.4 Å². The summed E-state index contributed by atoms with van der Waals surface area (Å²) in [5, 5.41) is 22.3. The number of hydrogen-bond acceptors (Lipinski definition) is 4. The van der Waals surface area contributed by atoms with Crippen LogP contribution in [-0.2, 0) is 0 Å². The number of benzene rings is 3. The summed E-state index contributed by atoms with van der Waals surface area (Å²) in [6, 6.07) is 3.14. The predicted octanol–water partition coefficient (Wildman–Crippen LogP) is 5.37. The van der Waals surface area contributed by atoms with E-state index in [0.717, 1.165) is 0 Å². The Balaban J connectivity index is 0.00000324. The molecule has 2 aromatic carbocycles. The first-order valence-corrected chi connectivity index (χ1v) is 14.2. The van der Waals surface area contributed by atoms with Gasteiger partial charge in [-0.25, -0.2) is 4.79 Å². The molecule has 0 aromatic heterocycles. The molecule has 34 heavy (non-hydrogen) atoms. The van der Waals surface area contributed by atoms with E-state index in [0.29, 0.717) is 23.7 Å². The fraction of sp³-hybridized carbons (Fsp3) is 0. The van der Waals surface area contributed by atoms with Crippen molar-refractivity contribution in [3.05, 3.63) is 62.3 Å². The number of carboxylic acids is 1. The van der Waals surface area contributed by atoms with E-state index < -0.39 is 5.97 Å². The molecular formula is C20H3Cl4I4NaO5. The number of carbonyl (C=O) groups is 1. The van der Waals surface area contributed by atoms with Gasteiger partial charge < -0.3 is 14.6 Å². The zero-order chi connectivity index (χ0) is 24.5. The van der Waals surface area contributed by atoms with Crippen LogP contribution < -0.4 is 40.1 Å². The van der Waals surface area contributed by atoms with E-state index in [1.54, 1.807) is 12.1 Å². The second kappa shape index (κ2) is 11.3. The summed E-state index contributed by atoms with van der Waals surface area (Å²) in [5.74, 6) is -1.47. The molecule has 2 aromatic rings. The average molecular weight is 996 g/mol. The Morgan fingerprint density at radius 3 is 2.06 bits per heavy atom. The zero-order valence-corrected chi connectivity index (χ0v) is 29.9. The third-order valence-electron chi connectivity index (χ3n) is 4.74. The van der Waals surface area contributed by atoms with Crippen LogP contribution in [0.4, 0.5) is 0 Å². The van der Waals surface area contributed by atoms with Gasteiger partial charge in [0.1, 0.15) is 9.15 Å². The molecule has 0 saturated heterocycles. The standard InChI is InChI=1S/C20H4Cl4I4O5.Na/c21-10-8(9(20(31)32)11(22)13(24)12(10)23)7-3-1-5(25)16(29)14(27)18(3)33-19-4(7)2-6(26)17(30)15(19)28;/h1-2,29H,(H,31,32);/q;+1/p-1. The predicted molar refractivity (Wildman–Crippen MR) is 162 cm³/mol. The molecule has 2 aliphatic rings. The maximum absolute atomic E-state index is 12.6. The van der Waals surface area contributed by atoms with Crippen molar-refractivity contribution in [2.24, 2.45) is 0 Å². The van der Waals surface area contributed by atoms with Crippen molar-refractivity contribution in [3.8, 4) is 28.2 Å². The maximum Gasteiger partial charge on any atom is 1.00 e. The van der Waals surface area contributed by atoms with Crippen molar-refractivity contribution in [2.45, 2.75) is 0 Å². The molecular weight excluding hydrogens is 993 g/mol. The van der Waals surface area contributed by atoms with Gasteiger partial charge in [-0.1, -0.05) is 52.2 Å². The van der Waals surface area contributed by atoms with Crippen LogP contribution in [0.3, 0.4) is 0 Å². The van der Waals surface area contributed by atoms with Gasteiger partial charge in [0.25, 0.3) is 0 Å². The maximum atomic E-state index is 12.6. The molecule has 5 nitrogen and oxygen atoms in total. The second-order valence-electron chi connectivity index (χ2n) is 6.54. The molecule has 170 valence electrons. The van der Waals surface area contributed by atoms with Crippen molar-refractivity contribution < 1.29 is 49.0 Å². The number of fused-ring (bicyclic) bond motifs is 2. The second-order valence-corrected chi connectivity index (χ2v) is 12.5. The Morgan fingerprint density at radius 1 is 0.882 bits per heavy atom. The molecule has 0 unspecified atom stereocenters. The van der Waals surface area contributed by atoms with E-state index in [2.05, 4.69) is 0 Å². The molecule has 1 heterocycles. The van der Waals surface area contributed by atoms with Crippen molar-refractivity contribution in [1.29, 1.82) is 0 Å². The first kappa shape index (κ1) is 30.0. The van der Waals surface area contributed by atoms with E-state index in [4.69, 9.17) is 50.8 Å². The molecule has 0 saturated carbocycles. The summed E-state index contributed by atoms with van der Waals surface area (Å²) < 4.78 is 7.34. The van der Waals surface area contributed by atoms with Gasteiger partial charge in [-0.3, -0.25) is 4.79 Å². The van der Waals surface area contributed by atoms with Crippen molar-refractivity contribution in [3.63, 3.8) is 0 Å². The number of rotatable bonds is 2. The topological polar surface area (TPSA) is 90.6 Å². The molecule has 1 aliphatic heterocycles. The summed E-state index contributed by atoms with van der Waals surface area (Å²) in [5.41, 5.74) is 0.261. The molecule has 0 amide bonds. The van der Waals surface area contributed by atoms with Crippen LogP contribution in [0.1, 0.15) is 10.4 Å². The fourth-order valence-electron chi connectivity index (χ4n) is 3.32. The van der Waals surface area contributed by atoms with Crippen molar-refractivity contribution in [2.75, 3.05) is 0 Å². The quantitative estimate of drug-likeness (QED) is 0.0961. The van der Waals surface area contributed by atoms with Crippen LogP contribution in [0.25, 0.3) is 33.4 Å². The minimum Gasteiger partial charge on any atom is -0.871 e.